The van der Waals surface area contributed by atoms with Gasteiger partial charge < -0.3 is 10.1 Å². The third kappa shape index (κ3) is 3.15. The Morgan fingerprint density at radius 3 is 2.83 bits per heavy atom. The monoisotopic (exact) mass is 282 g/mol. The number of nitrogens with one attached hydrogen (secondary N) is 2. The van der Waals surface area contributed by atoms with Crippen LogP contribution in [0.15, 0.2) is 35.7 Å². The third-order valence-electron chi connectivity index (χ3n) is 2.17. The van der Waals surface area contributed by atoms with Crippen LogP contribution in [0.25, 0.3) is 0 Å². The lowest BCUT2D eigenvalue weighted by molar-refractivity contribution is 0.262. The van der Waals surface area contributed by atoms with Crippen molar-refractivity contribution < 1.29 is 9.53 Å². The molecule has 0 fully saturated rings. The van der Waals surface area contributed by atoms with Gasteiger partial charge in [0.25, 0.3) is 0 Å². The predicted octanol–water partition coefficient (Wildman–Crippen LogP) is 4.05. The molecule has 94 valence electrons. The first-order valence-electron chi connectivity index (χ1n) is 5.14. The standard InChI is InChI=1S/C12H11ClN2O2S/c1-17-10-5-4-8(13)7-9(10)14-12(16)15-11-3-2-6-18-11/h2-7H,1H3,(H2,14,15,16). The topological polar surface area (TPSA) is 50.4 Å². The minimum absolute atomic E-state index is 0.335. The van der Waals surface area contributed by atoms with Crippen LogP contribution < -0.4 is 15.4 Å². The fourth-order valence-electron chi connectivity index (χ4n) is 1.39. The van der Waals surface area contributed by atoms with E-state index in [2.05, 4.69) is 10.6 Å². The van der Waals surface area contributed by atoms with Crippen LogP contribution in [-0.4, -0.2) is 13.1 Å². The fourth-order valence-corrected chi connectivity index (χ4v) is 2.18. The molecule has 2 aromatic rings. The Hall–Kier alpha value is -1.72. The van der Waals surface area contributed by atoms with E-state index in [9.17, 15) is 4.79 Å². The molecule has 1 heterocycles. The van der Waals surface area contributed by atoms with Crippen molar-refractivity contribution in [1.82, 2.24) is 0 Å². The van der Waals surface area contributed by atoms with E-state index in [0.717, 1.165) is 5.00 Å². The van der Waals surface area contributed by atoms with Gasteiger partial charge >= 0.3 is 6.03 Å². The van der Waals surface area contributed by atoms with E-state index in [-0.39, 0.29) is 6.03 Å². The summed E-state index contributed by atoms with van der Waals surface area (Å²) in [5.74, 6) is 0.556. The molecular weight excluding hydrogens is 272 g/mol. The maximum absolute atomic E-state index is 11.7. The highest BCUT2D eigenvalue weighted by molar-refractivity contribution is 7.14. The number of hydrogen-bond donors (Lipinski definition) is 2. The maximum Gasteiger partial charge on any atom is 0.324 e. The molecule has 0 aliphatic rings. The first-order valence-corrected chi connectivity index (χ1v) is 6.40. The number of ether oxygens (including phenoxy) is 1. The number of halogens is 1. The lowest BCUT2D eigenvalue weighted by atomic mass is 10.3. The second kappa shape index (κ2) is 5.75. The van der Waals surface area contributed by atoms with Crippen LogP contribution >= 0.6 is 22.9 Å². The molecule has 2 rings (SSSR count). The van der Waals surface area contributed by atoms with Crippen LogP contribution in [-0.2, 0) is 0 Å². The Labute approximate surface area is 114 Å². The number of carbonyl (C=O) groups excluding carboxylic acids is 1. The largest absolute Gasteiger partial charge is 0.495 e. The Kier molecular flexibility index (Phi) is 4.07. The molecule has 0 unspecified atom stereocenters. The van der Waals surface area contributed by atoms with E-state index in [0.29, 0.717) is 16.5 Å². The highest BCUT2D eigenvalue weighted by atomic mass is 35.5. The highest BCUT2D eigenvalue weighted by Gasteiger charge is 2.08. The Morgan fingerprint density at radius 1 is 1.33 bits per heavy atom. The number of hydrogen-bond acceptors (Lipinski definition) is 3. The first kappa shape index (κ1) is 12.7. The van der Waals surface area contributed by atoms with Gasteiger partial charge in [-0.05, 0) is 35.7 Å². The molecule has 2 N–H and O–H groups in total. The van der Waals surface area contributed by atoms with Gasteiger partial charge in [0.05, 0.1) is 17.8 Å². The van der Waals surface area contributed by atoms with Gasteiger partial charge in [-0.3, -0.25) is 5.32 Å². The van der Waals surface area contributed by atoms with E-state index in [1.165, 1.54) is 18.4 Å². The van der Waals surface area contributed by atoms with E-state index in [1.54, 1.807) is 18.2 Å². The minimum Gasteiger partial charge on any atom is -0.495 e. The molecule has 2 amide bonds. The number of amides is 2. The molecule has 4 nitrogen and oxygen atoms in total. The summed E-state index contributed by atoms with van der Waals surface area (Å²) >= 11 is 7.32. The van der Waals surface area contributed by atoms with Gasteiger partial charge in [-0.25, -0.2) is 4.79 Å². The van der Waals surface area contributed by atoms with Crippen molar-refractivity contribution >= 4 is 39.7 Å². The lowest BCUT2D eigenvalue weighted by Crippen LogP contribution is -2.19. The zero-order chi connectivity index (χ0) is 13.0. The van der Waals surface area contributed by atoms with Crippen molar-refractivity contribution in [3.8, 4) is 5.75 Å². The molecule has 1 aromatic heterocycles. The highest BCUT2D eigenvalue weighted by Crippen LogP contribution is 2.27. The van der Waals surface area contributed by atoms with Crippen LogP contribution in [0, 0.1) is 0 Å². The summed E-state index contributed by atoms with van der Waals surface area (Å²) in [6.07, 6.45) is 0. The molecule has 1 aromatic carbocycles. The molecule has 0 atom stereocenters. The second-order valence-corrected chi connectivity index (χ2v) is 4.79. The van der Waals surface area contributed by atoms with Crippen molar-refractivity contribution in [2.24, 2.45) is 0 Å². The van der Waals surface area contributed by atoms with Crippen LogP contribution in [0.2, 0.25) is 5.02 Å². The summed E-state index contributed by atoms with van der Waals surface area (Å²) in [4.78, 5) is 11.7. The Balaban J connectivity index is 2.08. The summed E-state index contributed by atoms with van der Waals surface area (Å²) in [6.45, 7) is 0. The number of carbonyl (C=O) groups is 1. The SMILES string of the molecule is COc1ccc(Cl)cc1NC(=O)Nc1cccs1. The quantitative estimate of drug-likeness (QED) is 0.892. The summed E-state index contributed by atoms with van der Waals surface area (Å²) < 4.78 is 5.14. The summed E-state index contributed by atoms with van der Waals surface area (Å²) in [6, 6.07) is 8.37. The van der Waals surface area contributed by atoms with Crippen molar-refractivity contribution in [1.29, 1.82) is 0 Å². The van der Waals surface area contributed by atoms with Gasteiger partial charge in [0.15, 0.2) is 0 Å². The average molecular weight is 283 g/mol. The van der Waals surface area contributed by atoms with Crippen molar-refractivity contribution in [2.45, 2.75) is 0 Å². The Morgan fingerprint density at radius 2 is 2.17 bits per heavy atom. The molecule has 0 aliphatic carbocycles. The summed E-state index contributed by atoms with van der Waals surface area (Å²) in [7, 11) is 1.53. The summed E-state index contributed by atoms with van der Waals surface area (Å²) in [5, 5.41) is 8.58. The number of urea groups is 1. The minimum atomic E-state index is -0.335. The van der Waals surface area contributed by atoms with Crippen LogP contribution in [0.1, 0.15) is 0 Å². The summed E-state index contributed by atoms with van der Waals surface area (Å²) in [5.41, 5.74) is 0.527. The fraction of sp³-hybridized carbons (Fsp3) is 0.0833. The smallest absolute Gasteiger partial charge is 0.324 e. The predicted molar refractivity (Wildman–Crippen MR) is 75.0 cm³/mol. The zero-order valence-electron chi connectivity index (χ0n) is 9.57. The van der Waals surface area contributed by atoms with E-state index >= 15 is 0 Å². The molecule has 0 radical (unpaired) electrons. The van der Waals surface area contributed by atoms with Crippen LogP contribution in [0.4, 0.5) is 15.5 Å². The van der Waals surface area contributed by atoms with Crippen molar-refractivity contribution in [2.75, 3.05) is 17.7 Å². The van der Waals surface area contributed by atoms with Gasteiger partial charge in [0.2, 0.25) is 0 Å². The molecule has 18 heavy (non-hydrogen) atoms. The molecule has 0 saturated carbocycles. The molecule has 0 spiro atoms. The van der Waals surface area contributed by atoms with Gasteiger partial charge in [0, 0.05) is 5.02 Å². The molecular formula is C12H11ClN2O2S. The number of thiophene rings is 1. The first-order chi connectivity index (χ1) is 8.69. The van der Waals surface area contributed by atoms with Crippen LogP contribution in [0.3, 0.4) is 0 Å². The number of rotatable bonds is 3. The van der Waals surface area contributed by atoms with Gasteiger partial charge in [-0.15, -0.1) is 11.3 Å². The van der Waals surface area contributed by atoms with Crippen molar-refractivity contribution in [3.05, 3.63) is 40.7 Å². The molecule has 0 bridgehead atoms. The van der Waals surface area contributed by atoms with Crippen molar-refractivity contribution in [3.63, 3.8) is 0 Å². The normalized spacial score (nSPS) is 9.89. The maximum atomic E-state index is 11.7. The number of anilines is 2. The van der Waals surface area contributed by atoms with E-state index in [4.69, 9.17) is 16.3 Å². The lowest BCUT2D eigenvalue weighted by Gasteiger charge is -2.10. The van der Waals surface area contributed by atoms with Gasteiger partial charge in [-0.1, -0.05) is 11.6 Å². The Bertz CT molecular complexity index is 543. The molecule has 0 aliphatic heterocycles. The zero-order valence-corrected chi connectivity index (χ0v) is 11.1. The molecule has 0 saturated heterocycles. The average Bonchev–Trinajstić information content (AvgIpc) is 2.82. The van der Waals surface area contributed by atoms with Crippen LogP contribution in [0.5, 0.6) is 5.75 Å². The number of benzene rings is 1. The third-order valence-corrected chi connectivity index (χ3v) is 3.19. The van der Waals surface area contributed by atoms with E-state index < -0.39 is 0 Å². The second-order valence-electron chi connectivity index (χ2n) is 3.40. The molecule has 6 heteroatoms. The van der Waals surface area contributed by atoms with E-state index in [1.807, 2.05) is 17.5 Å². The number of methoxy groups -OCH3 is 1. The van der Waals surface area contributed by atoms with Gasteiger partial charge in [-0.2, -0.15) is 0 Å². The van der Waals surface area contributed by atoms with Gasteiger partial charge in [0.1, 0.15) is 5.75 Å².